The third-order valence-electron chi connectivity index (χ3n) is 3.00. The Bertz CT molecular complexity index is 422. The second kappa shape index (κ2) is 7.74. The fourth-order valence-electron chi connectivity index (χ4n) is 1.91. The number of aromatic amines is 2. The molecule has 0 amide bonds. The molecule has 1 aromatic rings. The largest absolute Gasteiger partial charge is 0.361 e. The number of hydrogen-bond donors (Lipinski definition) is 2. The minimum atomic E-state index is -0.452. The van der Waals surface area contributed by atoms with Gasteiger partial charge in [-0.3, -0.25) is 14.8 Å². The summed E-state index contributed by atoms with van der Waals surface area (Å²) in [4.78, 5) is 29.0. The molecule has 0 unspecified atom stereocenters. The Hall–Kier alpha value is -1.52. The highest BCUT2D eigenvalue weighted by Gasteiger charge is 2.02. The highest BCUT2D eigenvalue weighted by Crippen LogP contribution is 2.08. The minimum absolute atomic E-state index is 0.358. The first-order chi connectivity index (χ1) is 8.63. The average molecular weight is 253 g/mol. The zero-order chi connectivity index (χ0) is 13.4. The number of unbranched alkanes of at least 4 members (excludes halogenated alkanes) is 5. The van der Waals surface area contributed by atoms with E-state index in [-0.39, 0.29) is 5.56 Å². The van der Waals surface area contributed by atoms with Gasteiger partial charge in [-0.15, -0.1) is 0 Å². The van der Waals surface area contributed by atoms with Crippen LogP contribution in [0.3, 0.4) is 0 Å². The molecule has 0 fully saturated rings. The van der Waals surface area contributed by atoms with E-state index in [0.717, 1.165) is 13.0 Å². The minimum Gasteiger partial charge on any atom is -0.361 e. The average Bonchev–Trinajstić information content (AvgIpc) is 2.32. The Labute approximate surface area is 107 Å². The molecule has 0 radical (unpaired) electrons. The molecule has 102 valence electrons. The van der Waals surface area contributed by atoms with Crippen LogP contribution >= 0.6 is 0 Å². The van der Waals surface area contributed by atoms with Crippen LogP contribution in [0.5, 0.6) is 0 Å². The summed E-state index contributed by atoms with van der Waals surface area (Å²) in [6.07, 6.45) is 7.38. The van der Waals surface area contributed by atoms with Crippen LogP contribution in [0.4, 0.5) is 5.82 Å². The van der Waals surface area contributed by atoms with Crippen molar-refractivity contribution in [3.05, 3.63) is 26.9 Å². The van der Waals surface area contributed by atoms with E-state index in [1.165, 1.54) is 38.2 Å². The van der Waals surface area contributed by atoms with Gasteiger partial charge in [0.1, 0.15) is 5.82 Å². The van der Waals surface area contributed by atoms with Crippen molar-refractivity contribution >= 4 is 5.82 Å². The fourth-order valence-corrected chi connectivity index (χ4v) is 1.91. The molecule has 0 atom stereocenters. The molecule has 1 heterocycles. The van der Waals surface area contributed by atoms with Gasteiger partial charge >= 0.3 is 5.69 Å². The van der Waals surface area contributed by atoms with E-state index in [0.29, 0.717) is 5.82 Å². The van der Waals surface area contributed by atoms with Crippen molar-refractivity contribution < 1.29 is 0 Å². The predicted octanol–water partition coefficient (Wildman–Crippen LogP) is 1.86. The van der Waals surface area contributed by atoms with Crippen LogP contribution < -0.4 is 16.1 Å². The first-order valence-electron chi connectivity index (χ1n) is 6.68. The second-order valence-corrected chi connectivity index (χ2v) is 4.66. The van der Waals surface area contributed by atoms with Crippen molar-refractivity contribution in [2.45, 2.75) is 45.4 Å². The van der Waals surface area contributed by atoms with E-state index in [1.54, 1.807) is 0 Å². The molecule has 0 saturated carbocycles. The van der Waals surface area contributed by atoms with Crippen molar-refractivity contribution in [3.63, 3.8) is 0 Å². The van der Waals surface area contributed by atoms with Gasteiger partial charge in [-0.05, 0) is 6.42 Å². The van der Waals surface area contributed by atoms with Gasteiger partial charge < -0.3 is 4.90 Å². The topological polar surface area (TPSA) is 69.0 Å². The van der Waals surface area contributed by atoms with E-state index in [1.807, 2.05) is 11.9 Å². The third-order valence-corrected chi connectivity index (χ3v) is 3.00. The van der Waals surface area contributed by atoms with Gasteiger partial charge in [0.25, 0.3) is 5.56 Å². The molecule has 0 aliphatic carbocycles. The van der Waals surface area contributed by atoms with E-state index in [9.17, 15) is 9.59 Å². The number of anilines is 1. The van der Waals surface area contributed by atoms with Gasteiger partial charge in [0, 0.05) is 19.7 Å². The normalized spacial score (nSPS) is 10.6. The van der Waals surface area contributed by atoms with Crippen LogP contribution in [0.1, 0.15) is 45.4 Å². The maximum absolute atomic E-state index is 11.2. The van der Waals surface area contributed by atoms with Crippen LogP contribution in [0, 0.1) is 0 Å². The van der Waals surface area contributed by atoms with E-state index >= 15 is 0 Å². The van der Waals surface area contributed by atoms with Crippen molar-refractivity contribution in [3.8, 4) is 0 Å². The summed E-state index contributed by atoms with van der Waals surface area (Å²) >= 11 is 0. The lowest BCUT2D eigenvalue weighted by atomic mass is 10.1. The SMILES string of the molecule is CCCCCCCCN(C)c1cc(=O)[nH]c(=O)[nH]1. The van der Waals surface area contributed by atoms with Crippen LogP contribution in [0.15, 0.2) is 15.7 Å². The van der Waals surface area contributed by atoms with Crippen molar-refractivity contribution in [2.24, 2.45) is 0 Å². The van der Waals surface area contributed by atoms with Gasteiger partial charge in [0.15, 0.2) is 0 Å². The summed E-state index contributed by atoms with van der Waals surface area (Å²) in [6.45, 7) is 3.06. The standard InChI is InChI=1S/C13H23N3O2/c1-3-4-5-6-7-8-9-16(2)11-10-12(17)15-13(18)14-11/h10H,3-9H2,1-2H3,(H2,14,15,17,18). The monoisotopic (exact) mass is 253 g/mol. The van der Waals surface area contributed by atoms with E-state index in [2.05, 4.69) is 16.9 Å². The number of hydrogen-bond acceptors (Lipinski definition) is 3. The Morgan fingerprint density at radius 2 is 1.72 bits per heavy atom. The van der Waals surface area contributed by atoms with Gasteiger partial charge in [-0.25, -0.2) is 4.79 Å². The molecule has 5 nitrogen and oxygen atoms in total. The number of aromatic nitrogens is 2. The smallest absolute Gasteiger partial charge is 0.327 e. The van der Waals surface area contributed by atoms with Crippen molar-refractivity contribution in [2.75, 3.05) is 18.5 Å². The number of nitrogens with zero attached hydrogens (tertiary/aromatic N) is 1. The quantitative estimate of drug-likeness (QED) is 0.695. The summed E-state index contributed by atoms with van der Waals surface area (Å²) < 4.78 is 0. The van der Waals surface area contributed by atoms with Gasteiger partial charge in [-0.1, -0.05) is 39.0 Å². The van der Waals surface area contributed by atoms with E-state index in [4.69, 9.17) is 0 Å². The molecular weight excluding hydrogens is 230 g/mol. The molecule has 0 saturated heterocycles. The van der Waals surface area contributed by atoms with Crippen molar-refractivity contribution in [1.82, 2.24) is 9.97 Å². The Balaban J connectivity index is 2.34. The zero-order valence-electron chi connectivity index (χ0n) is 11.3. The van der Waals surface area contributed by atoms with Gasteiger partial charge in [0.2, 0.25) is 0 Å². The van der Waals surface area contributed by atoms with Crippen LogP contribution in [0.25, 0.3) is 0 Å². The molecule has 0 aliphatic heterocycles. The number of nitrogens with one attached hydrogen (secondary N) is 2. The second-order valence-electron chi connectivity index (χ2n) is 4.66. The first kappa shape index (κ1) is 14.5. The first-order valence-corrected chi connectivity index (χ1v) is 6.68. The number of rotatable bonds is 8. The zero-order valence-corrected chi connectivity index (χ0v) is 11.3. The van der Waals surface area contributed by atoms with Gasteiger partial charge in [-0.2, -0.15) is 0 Å². The third kappa shape index (κ3) is 5.21. The molecule has 5 heteroatoms. The molecule has 0 spiro atoms. The van der Waals surface area contributed by atoms with Crippen LogP contribution in [0.2, 0.25) is 0 Å². The molecule has 1 rings (SSSR count). The molecule has 1 aromatic heterocycles. The molecule has 0 aliphatic rings. The summed E-state index contributed by atoms with van der Waals surface area (Å²) in [6, 6.07) is 1.42. The Kier molecular flexibility index (Phi) is 6.25. The van der Waals surface area contributed by atoms with Gasteiger partial charge in [0.05, 0.1) is 0 Å². The fraction of sp³-hybridized carbons (Fsp3) is 0.692. The van der Waals surface area contributed by atoms with Crippen molar-refractivity contribution in [1.29, 1.82) is 0 Å². The molecule has 0 bridgehead atoms. The lowest BCUT2D eigenvalue weighted by molar-refractivity contribution is 0.605. The summed E-state index contributed by atoms with van der Waals surface area (Å²) in [7, 11) is 1.89. The lowest BCUT2D eigenvalue weighted by Gasteiger charge is -2.17. The Morgan fingerprint density at radius 1 is 1.06 bits per heavy atom. The van der Waals surface area contributed by atoms with E-state index < -0.39 is 5.69 Å². The summed E-state index contributed by atoms with van der Waals surface area (Å²) in [5.41, 5.74) is -0.809. The maximum atomic E-state index is 11.2. The number of H-pyrrole nitrogens is 2. The molecule has 18 heavy (non-hydrogen) atoms. The highest BCUT2D eigenvalue weighted by atomic mass is 16.2. The molecule has 2 N–H and O–H groups in total. The lowest BCUT2D eigenvalue weighted by Crippen LogP contribution is -2.28. The maximum Gasteiger partial charge on any atom is 0.327 e. The molecule has 0 aromatic carbocycles. The Morgan fingerprint density at radius 3 is 2.39 bits per heavy atom. The summed E-state index contributed by atoms with van der Waals surface area (Å²) in [5.74, 6) is 0.581. The predicted molar refractivity (Wildman–Crippen MR) is 74.3 cm³/mol. The summed E-state index contributed by atoms with van der Waals surface area (Å²) in [5, 5.41) is 0. The molecular formula is C13H23N3O2. The highest BCUT2D eigenvalue weighted by molar-refractivity contribution is 5.34. The van der Waals surface area contributed by atoms with Crippen LogP contribution in [-0.2, 0) is 0 Å². The van der Waals surface area contributed by atoms with Crippen LogP contribution in [-0.4, -0.2) is 23.6 Å².